The SMILES string of the molecule is COc1ccc(N(C)C(=O)c2c(O)c3c([N+](=O)[O-])cccc3n(C)c2=O)cc1. The van der Waals surface area contributed by atoms with Crippen molar-refractivity contribution in [2.45, 2.75) is 0 Å². The first-order chi connectivity index (χ1) is 13.3. The molecule has 0 bridgehead atoms. The van der Waals surface area contributed by atoms with Gasteiger partial charge in [0.05, 0.1) is 17.5 Å². The van der Waals surface area contributed by atoms with E-state index in [1.54, 1.807) is 24.3 Å². The molecule has 0 spiro atoms. The molecule has 0 saturated heterocycles. The fourth-order valence-electron chi connectivity index (χ4n) is 2.99. The number of aryl methyl sites for hydroxylation is 1. The molecule has 3 rings (SSSR count). The number of fused-ring (bicyclic) bond motifs is 1. The molecule has 1 heterocycles. The summed E-state index contributed by atoms with van der Waals surface area (Å²) in [5.41, 5.74) is -1.08. The van der Waals surface area contributed by atoms with E-state index in [0.717, 1.165) is 4.57 Å². The van der Waals surface area contributed by atoms with Crippen LogP contribution in [-0.2, 0) is 7.05 Å². The number of aromatic hydroxyl groups is 1. The van der Waals surface area contributed by atoms with E-state index < -0.39 is 33.4 Å². The van der Waals surface area contributed by atoms with E-state index in [1.165, 1.54) is 44.3 Å². The van der Waals surface area contributed by atoms with Gasteiger partial charge < -0.3 is 19.3 Å². The first-order valence-electron chi connectivity index (χ1n) is 8.19. The molecule has 1 amide bonds. The average molecular weight is 383 g/mol. The van der Waals surface area contributed by atoms with Gasteiger partial charge in [-0.25, -0.2) is 0 Å². The van der Waals surface area contributed by atoms with Crippen LogP contribution < -0.4 is 15.2 Å². The fourth-order valence-corrected chi connectivity index (χ4v) is 2.99. The standard InChI is InChI=1S/C19H17N3O6/c1-20(11-7-9-12(28-3)10-8-11)18(24)16-17(23)15-13(21(2)19(16)25)5-4-6-14(15)22(26)27/h4-10,23H,1-3H3. The van der Waals surface area contributed by atoms with E-state index in [0.29, 0.717) is 11.4 Å². The summed E-state index contributed by atoms with van der Waals surface area (Å²) in [5.74, 6) is -0.913. The highest BCUT2D eigenvalue weighted by Gasteiger charge is 2.28. The number of non-ortho nitro benzene ring substituents is 1. The molecule has 1 N–H and O–H groups in total. The van der Waals surface area contributed by atoms with Gasteiger partial charge in [0, 0.05) is 25.8 Å². The number of nitro groups is 1. The quantitative estimate of drug-likeness (QED) is 0.547. The number of benzene rings is 2. The van der Waals surface area contributed by atoms with Gasteiger partial charge in [0.15, 0.2) is 0 Å². The summed E-state index contributed by atoms with van der Waals surface area (Å²) >= 11 is 0. The molecule has 0 saturated carbocycles. The van der Waals surface area contributed by atoms with Crippen LogP contribution in [0.3, 0.4) is 0 Å². The Balaban J connectivity index is 2.21. The number of nitro benzene ring substituents is 1. The van der Waals surface area contributed by atoms with Crippen molar-refractivity contribution in [3.8, 4) is 11.5 Å². The third kappa shape index (κ3) is 2.92. The number of nitrogens with zero attached hydrogens (tertiary/aromatic N) is 3. The first-order valence-corrected chi connectivity index (χ1v) is 8.19. The Morgan fingerprint density at radius 1 is 1.21 bits per heavy atom. The maximum atomic E-state index is 13.0. The van der Waals surface area contributed by atoms with Gasteiger partial charge in [-0.05, 0) is 30.3 Å². The largest absolute Gasteiger partial charge is 0.506 e. The first kappa shape index (κ1) is 18.9. The van der Waals surface area contributed by atoms with E-state index >= 15 is 0 Å². The lowest BCUT2D eigenvalue weighted by Gasteiger charge is -2.19. The maximum absolute atomic E-state index is 13.0. The molecule has 9 nitrogen and oxygen atoms in total. The van der Waals surface area contributed by atoms with Gasteiger partial charge >= 0.3 is 0 Å². The van der Waals surface area contributed by atoms with Crippen molar-refractivity contribution in [2.75, 3.05) is 19.1 Å². The highest BCUT2D eigenvalue weighted by molar-refractivity contribution is 6.11. The number of amides is 1. The lowest BCUT2D eigenvalue weighted by Crippen LogP contribution is -2.34. The zero-order valence-corrected chi connectivity index (χ0v) is 15.4. The Hall–Kier alpha value is -3.88. The summed E-state index contributed by atoms with van der Waals surface area (Å²) in [7, 11) is 4.33. The number of aromatic nitrogens is 1. The molecule has 0 aliphatic heterocycles. The molecular weight excluding hydrogens is 366 g/mol. The molecule has 0 atom stereocenters. The number of ether oxygens (including phenoxy) is 1. The Kier molecular flexibility index (Phi) is 4.74. The summed E-state index contributed by atoms with van der Waals surface area (Å²) in [4.78, 5) is 37.6. The highest BCUT2D eigenvalue weighted by Crippen LogP contribution is 2.34. The van der Waals surface area contributed by atoms with Gasteiger partial charge in [-0.15, -0.1) is 0 Å². The summed E-state index contributed by atoms with van der Waals surface area (Å²) in [6.07, 6.45) is 0. The Labute approximate surface area is 159 Å². The van der Waals surface area contributed by atoms with Gasteiger partial charge in [-0.1, -0.05) is 6.07 Å². The number of carbonyl (C=O) groups excluding carboxylic acids is 1. The summed E-state index contributed by atoms with van der Waals surface area (Å²) < 4.78 is 6.18. The van der Waals surface area contributed by atoms with Crippen molar-refractivity contribution in [1.82, 2.24) is 4.57 Å². The second-order valence-electron chi connectivity index (χ2n) is 6.08. The minimum atomic E-state index is -0.789. The molecule has 0 fully saturated rings. The Morgan fingerprint density at radius 3 is 2.43 bits per heavy atom. The molecule has 1 aromatic heterocycles. The molecular formula is C19H17N3O6. The van der Waals surface area contributed by atoms with Crippen LogP contribution in [0.2, 0.25) is 0 Å². The predicted molar refractivity (Wildman–Crippen MR) is 103 cm³/mol. The van der Waals surface area contributed by atoms with Crippen LogP contribution in [0.5, 0.6) is 11.5 Å². The smallest absolute Gasteiger partial charge is 0.282 e. The number of anilines is 1. The average Bonchev–Trinajstić information content (AvgIpc) is 2.71. The number of methoxy groups -OCH3 is 1. The van der Waals surface area contributed by atoms with Crippen LogP contribution in [0, 0.1) is 10.1 Å². The Bertz CT molecular complexity index is 1150. The second-order valence-corrected chi connectivity index (χ2v) is 6.08. The number of carbonyl (C=O) groups is 1. The van der Waals surface area contributed by atoms with Gasteiger partial charge in [0.2, 0.25) is 0 Å². The van der Waals surface area contributed by atoms with E-state index in [2.05, 4.69) is 0 Å². The van der Waals surface area contributed by atoms with Crippen LogP contribution in [0.1, 0.15) is 10.4 Å². The van der Waals surface area contributed by atoms with E-state index in [4.69, 9.17) is 4.74 Å². The molecule has 3 aromatic rings. The molecule has 0 unspecified atom stereocenters. The third-order valence-electron chi connectivity index (χ3n) is 4.55. The fraction of sp³-hybridized carbons (Fsp3) is 0.158. The van der Waals surface area contributed by atoms with Crippen molar-refractivity contribution in [2.24, 2.45) is 7.05 Å². The molecule has 2 aromatic carbocycles. The topological polar surface area (TPSA) is 115 Å². The van der Waals surface area contributed by atoms with Crippen LogP contribution in [0.25, 0.3) is 10.9 Å². The van der Waals surface area contributed by atoms with E-state index in [1.807, 2.05) is 0 Å². The van der Waals surface area contributed by atoms with Crippen LogP contribution in [0.15, 0.2) is 47.3 Å². The Morgan fingerprint density at radius 2 is 1.86 bits per heavy atom. The van der Waals surface area contributed by atoms with Gasteiger partial charge in [-0.2, -0.15) is 0 Å². The van der Waals surface area contributed by atoms with Crippen molar-refractivity contribution in [3.63, 3.8) is 0 Å². The maximum Gasteiger partial charge on any atom is 0.282 e. The number of rotatable bonds is 4. The zero-order valence-electron chi connectivity index (χ0n) is 15.4. The number of pyridine rings is 1. The van der Waals surface area contributed by atoms with E-state index in [-0.39, 0.29) is 10.9 Å². The van der Waals surface area contributed by atoms with Crippen molar-refractivity contribution in [1.29, 1.82) is 0 Å². The minimum Gasteiger partial charge on any atom is -0.506 e. The third-order valence-corrected chi connectivity index (χ3v) is 4.55. The molecule has 0 aliphatic rings. The summed E-state index contributed by atoms with van der Waals surface area (Å²) in [5, 5.41) is 21.8. The lowest BCUT2D eigenvalue weighted by atomic mass is 10.1. The zero-order chi connectivity index (χ0) is 20.6. The lowest BCUT2D eigenvalue weighted by molar-refractivity contribution is -0.383. The van der Waals surface area contributed by atoms with Crippen molar-refractivity contribution >= 4 is 28.2 Å². The van der Waals surface area contributed by atoms with Crippen LogP contribution >= 0.6 is 0 Å². The summed E-state index contributed by atoms with van der Waals surface area (Å²) in [6, 6.07) is 10.6. The monoisotopic (exact) mass is 383 g/mol. The van der Waals surface area contributed by atoms with Gasteiger partial charge in [0.1, 0.15) is 22.4 Å². The van der Waals surface area contributed by atoms with Gasteiger partial charge in [-0.3, -0.25) is 19.7 Å². The molecule has 28 heavy (non-hydrogen) atoms. The second kappa shape index (κ2) is 7.03. The molecule has 9 heteroatoms. The molecule has 144 valence electrons. The van der Waals surface area contributed by atoms with Gasteiger partial charge in [0.25, 0.3) is 17.2 Å². The highest BCUT2D eigenvalue weighted by atomic mass is 16.6. The van der Waals surface area contributed by atoms with Crippen molar-refractivity contribution in [3.05, 3.63) is 68.5 Å². The normalized spacial score (nSPS) is 10.7. The van der Waals surface area contributed by atoms with Crippen molar-refractivity contribution < 1.29 is 19.6 Å². The molecule has 0 aliphatic carbocycles. The summed E-state index contributed by atoms with van der Waals surface area (Å²) in [6.45, 7) is 0. The number of hydrogen-bond donors (Lipinski definition) is 1. The van der Waals surface area contributed by atoms with Crippen LogP contribution in [0.4, 0.5) is 11.4 Å². The minimum absolute atomic E-state index is 0.153. The van der Waals surface area contributed by atoms with Crippen LogP contribution in [-0.4, -0.2) is 34.7 Å². The number of hydrogen-bond acceptors (Lipinski definition) is 6. The van der Waals surface area contributed by atoms with E-state index in [9.17, 15) is 24.8 Å². The molecule has 0 radical (unpaired) electrons. The predicted octanol–water partition coefficient (Wildman–Crippen LogP) is 2.44.